The summed E-state index contributed by atoms with van der Waals surface area (Å²) in [5, 5.41) is 7.51. The molecule has 0 saturated carbocycles. The Kier molecular flexibility index (Phi) is 7.47. The SMILES string of the molecule is c1ccc(-c2ccc3c(c2)c2cc(-n4c5ccccc5c5cc(Sc6ccc7c(c6)c6ccccc6n7-c6ccccc6)ccc54)ccc2n3-c2ccccc2)cc1. The summed E-state index contributed by atoms with van der Waals surface area (Å²) in [7, 11) is 0. The number of fused-ring (bicyclic) bond motifs is 9. The summed E-state index contributed by atoms with van der Waals surface area (Å²) in [5.41, 5.74) is 13.1. The first-order valence-electron chi connectivity index (χ1n) is 19.8. The Bertz CT molecular complexity index is 3520. The Balaban J connectivity index is 0.995. The van der Waals surface area contributed by atoms with Gasteiger partial charge < -0.3 is 13.7 Å². The van der Waals surface area contributed by atoms with Gasteiger partial charge in [0.25, 0.3) is 0 Å². The van der Waals surface area contributed by atoms with Crippen molar-refractivity contribution in [2.45, 2.75) is 9.79 Å². The van der Waals surface area contributed by atoms with Crippen molar-refractivity contribution >= 4 is 77.2 Å². The van der Waals surface area contributed by atoms with Crippen molar-refractivity contribution in [3.63, 3.8) is 0 Å². The molecule has 4 heteroatoms. The highest BCUT2D eigenvalue weighted by molar-refractivity contribution is 7.99. The molecule has 58 heavy (non-hydrogen) atoms. The van der Waals surface area contributed by atoms with E-state index in [1.807, 2.05) is 11.8 Å². The highest BCUT2D eigenvalue weighted by Gasteiger charge is 2.18. The predicted molar refractivity (Wildman–Crippen MR) is 245 cm³/mol. The monoisotopic (exact) mass is 757 g/mol. The van der Waals surface area contributed by atoms with Crippen LogP contribution in [0.15, 0.2) is 222 Å². The Labute approximate surface area is 339 Å². The molecule has 0 saturated heterocycles. The van der Waals surface area contributed by atoms with Gasteiger partial charge in [0, 0.05) is 59.2 Å². The number of aromatic nitrogens is 3. The van der Waals surface area contributed by atoms with E-state index in [2.05, 4.69) is 226 Å². The molecule has 0 atom stereocenters. The Hall–Kier alpha value is -7.27. The fourth-order valence-corrected chi connectivity index (χ4v) is 10.0. The van der Waals surface area contributed by atoms with Crippen molar-refractivity contribution < 1.29 is 0 Å². The summed E-state index contributed by atoms with van der Waals surface area (Å²) in [6.45, 7) is 0. The summed E-state index contributed by atoms with van der Waals surface area (Å²) < 4.78 is 7.21. The van der Waals surface area contributed by atoms with Crippen molar-refractivity contribution in [2.75, 3.05) is 0 Å². The van der Waals surface area contributed by atoms with Crippen molar-refractivity contribution in [3.8, 4) is 28.2 Å². The second-order valence-electron chi connectivity index (χ2n) is 15.0. The van der Waals surface area contributed by atoms with E-state index in [4.69, 9.17) is 0 Å². The number of nitrogens with zero attached hydrogens (tertiary/aromatic N) is 3. The van der Waals surface area contributed by atoms with E-state index in [-0.39, 0.29) is 0 Å². The number of rotatable bonds is 6. The van der Waals surface area contributed by atoms with Crippen molar-refractivity contribution in [1.29, 1.82) is 0 Å². The van der Waals surface area contributed by atoms with Gasteiger partial charge in [-0.3, -0.25) is 0 Å². The van der Waals surface area contributed by atoms with E-state index in [0.717, 1.165) is 11.4 Å². The van der Waals surface area contributed by atoms with Crippen LogP contribution in [0.25, 0.3) is 93.6 Å². The van der Waals surface area contributed by atoms with Gasteiger partial charge in [-0.1, -0.05) is 121 Å². The molecule has 12 aromatic rings. The molecule has 9 aromatic carbocycles. The van der Waals surface area contributed by atoms with Crippen LogP contribution in [0.4, 0.5) is 0 Å². The average Bonchev–Trinajstić information content (AvgIpc) is 3.92. The van der Waals surface area contributed by atoms with Crippen LogP contribution in [0.5, 0.6) is 0 Å². The zero-order valence-electron chi connectivity index (χ0n) is 31.5. The minimum atomic E-state index is 1.15. The zero-order chi connectivity index (χ0) is 38.2. The molecule has 3 heterocycles. The molecule has 0 bridgehead atoms. The lowest BCUT2D eigenvalue weighted by molar-refractivity contribution is 1.16. The molecule has 0 N–H and O–H groups in total. The fourth-order valence-electron chi connectivity index (χ4n) is 9.12. The topological polar surface area (TPSA) is 14.8 Å². The molecule has 3 aromatic heterocycles. The van der Waals surface area contributed by atoms with Crippen LogP contribution < -0.4 is 0 Å². The van der Waals surface area contributed by atoms with Gasteiger partial charge in [-0.05, 0) is 114 Å². The van der Waals surface area contributed by atoms with Crippen LogP contribution in [-0.4, -0.2) is 13.7 Å². The molecular formula is C54H35N3S. The van der Waals surface area contributed by atoms with Crippen molar-refractivity contribution in [3.05, 3.63) is 212 Å². The molecule has 0 aliphatic carbocycles. The molecule has 0 radical (unpaired) electrons. The van der Waals surface area contributed by atoms with Crippen molar-refractivity contribution in [2.24, 2.45) is 0 Å². The van der Waals surface area contributed by atoms with Crippen LogP contribution >= 0.6 is 11.8 Å². The number of hydrogen-bond acceptors (Lipinski definition) is 1. The first-order valence-corrected chi connectivity index (χ1v) is 20.6. The Morgan fingerprint density at radius 1 is 0.241 bits per heavy atom. The number of benzene rings is 9. The maximum Gasteiger partial charge on any atom is 0.0542 e. The first-order chi connectivity index (χ1) is 28.8. The molecule has 272 valence electrons. The highest BCUT2D eigenvalue weighted by Crippen LogP contribution is 2.41. The quantitative estimate of drug-likeness (QED) is 0.165. The van der Waals surface area contributed by atoms with E-state index < -0.39 is 0 Å². The third-order valence-corrected chi connectivity index (χ3v) is 12.6. The minimum absolute atomic E-state index is 1.15. The third kappa shape index (κ3) is 5.16. The Morgan fingerprint density at radius 3 is 1.19 bits per heavy atom. The third-order valence-electron chi connectivity index (χ3n) is 11.7. The summed E-state index contributed by atoms with van der Waals surface area (Å²) >= 11 is 1.83. The van der Waals surface area contributed by atoms with Crippen LogP contribution in [0.2, 0.25) is 0 Å². The van der Waals surface area contributed by atoms with Gasteiger partial charge in [-0.15, -0.1) is 0 Å². The lowest BCUT2D eigenvalue weighted by Gasteiger charge is -2.10. The van der Waals surface area contributed by atoms with Gasteiger partial charge >= 0.3 is 0 Å². The molecule has 12 rings (SSSR count). The van der Waals surface area contributed by atoms with E-state index in [1.165, 1.54) is 92.0 Å². The largest absolute Gasteiger partial charge is 0.309 e. The van der Waals surface area contributed by atoms with E-state index >= 15 is 0 Å². The summed E-state index contributed by atoms with van der Waals surface area (Å²) in [6.07, 6.45) is 0. The lowest BCUT2D eigenvalue weighted by Crippen LogP contribution is -1.95. The lowest BCUT2D eigenvalue weighted by atomic mass is 10.0. The fraction of sp³-hybridized carbons (Fsp3) is 0. The molecule has 0 aliphatic heterocycles. The van der Waals surface area contributed by atoms with Gasteiger partial charge in [0.2, 0.25) is 0 Å². The van der Waals surface area contributed by atoms with E-state index in [9.17, 15) is 0 Å². The summed E-state index contributed by atoms with van der Waals surface area (Å²) in [5.74, 6) is 0. The smallest absolute Gasteiger partial charge is 0.0542 e. The molecule has 0 spiro atoms. The molecule has 0 unspecified atom stereocenters. The van der Waals surface area contributed by atoms with Crippen LogP contribution in [-0.2, 0) is 0 Å². The molecule has 0 amide bonds. The molecule has 0 aliphatic rings. The second-order valence-corrected chi connectivity index (χ2v) is 16.1. The summed E-state index contributed by atoms with van der Waals surface area (Å²) in [4.78, 5) is 2.44. The first kappa shape index (κ1) is 32.9. The van der Waals surface area contributed by atoms with Gasteiger partial charge in [0.05, 0.1) is 33.1 Å². The van der Waals surface area contributed by atoms with Crippen LogP contribution in [0.1, 0.15) is 0 Å². The normalized spacial score (nSPS) is 11.9. The highest BCUT2D eigenvalue weighted by atomic mass is 32.2. The minimum Gasteiger partial charge on any atom is -0.309 e. The number of para-hydroxylation sites is 4. The van der Waals surface area contributed by atoms with Crippen molar-refractivity contribution in [1.82, 2.24) is 13.7 Å². The van der Waals surface area contributed by atoms with Gasteiger partial charge in [0.15, 0.2) is 0 Å². The zero-order valence-corrected chi connectivity index (χ0v) is 32.3. The summed E-state index contributed by atoms with van der Waals surface area (Å²) in [6, 6.07) is 77.4. The number of hydrogen-bond donors (Lipinski definition) is 0. The maximum absolute atomic E-state index is 2.44. The van der Waals surface area contributed by atoms with Crippen LogP contribution in [0.3, 0.4) is 0 Å². The molecular weight excluding hydrogens is 723 g/mol. The Morgan fingerprint density at radius 2 is 0.638 bits per heavy atom. The van der Waals surface area contributed by atoms with Gasteiger partial charge in [0.1, 0.15) is 0 Å². The van der Waals surface area contributed by atoms with E-state index in [1.54, 1.807) is 0 Å². The van der Waals surface area contributed by atoms with Gasteiger partial charge in [-0.25, -0.2) is 0 Å². The van der Waals surface area contributed by atoms with E-state index in [0.29, 0.717) is 0 Å². The standard InChI is InChI=1S/C54H35N3S/c1-4-14-36(15-5-1)37-24-28-51-45(32-37)46-33-40(25-29-52(46)56(51)39-18-8-3-9-19-39)57-50-23-13-11-21-44(50)48-35-42(27-31-54(48)57)58-41-26-30-53-47(34-41)43-20-10-12-22-49(43)55(53)38-16-6-2-7-17-38/h1-35H. The predicted octanol–water partition coefficient (Wildman–Crippen LogP) is 14.8. The molecule has 3 nitrogen and oxygen atoms in total. The second kappa shape index (κ2) is 13.2. The molecule has 0 fully saturated rings. The van der Waals surface area contributed by atoms with Crippen LogP contribution in [0, 0.1) is 0 Å². The van der Waals surface area contributed by atoms with Gasteiger partial charge in [-0.2, -0.15) is 0 Å². The average molecular weight is 758 g/mol. The maximum atomic E-state index is 2.44.